The summed E-state index contributed by atoms with van der Waals surface area (Å²) in [5, 5.41) is 3.43. The van der Waals surface area contributed by atoms with E-state index in [0.29, 0.717) is 6.54 Å². The smallest absolute Gasteiger partial charge is 0.231 e. The molecule has 0 bridgehead atoms. The molecule has 1 saturated heterocycles. The van der Waals surface area contributed by atoms with Crippen LogP contribution in [0.2, 0.25) is 0 Å². The molecule has 3 N–H and O–H groups in total. The number of piperidine rings is 1. The van der Waals surface area contributed by atoms with Crippen LogP contribution in [0.3, 0.4) is 0 Å². The highest BCUT2D eigenvalue weighted by Gasteiger charge is 2.33. The lowest BCUT2D eigenvalue weighted by molar-refractivity contribution is -0.124. The van der Waals surface area contributed by atoms with Crippen LogP contribution in [0.5, 0.6) is 0 Å². The fourth-order valence-electron chi connectivity index (χ4n) is 3.59. The first-order chi connectivity index (χ1) is 10.2. The zero-order chi connectivity index (χ0) is 14.8. The van der Waals surface area contributed by atoms with Crippen molar-refractivity contribution in [1.82, 2.24) is 5.32 Å². The Balaban J connectivity index is 1.85. The van der Waals surface area contributed by atoms with Gasteiger partial charge < -0.3 is 16.0 Å². The Morgan fingerprint density at radius 2 is 2.29 bits per heavy atom. The minimum atomic E-state index is 0.110. The molecule has 2 aliphatic rings. The van der Waals surface area contributed by atoms with Crippen LogP contribution in [0.15, 0.2) is 18.2 Å². The zero-order valence-electron chi connectivity index (χ0n) is 12.8. The van der Waals surface area contributed by atoms with Gasteiger partial charge in [-0.3, -0.25) is 4.79 Å². The van der Waals surface area contributed by atoms with E-state index >= 15 is 0 Å². The molecule has 1 aromatic carbocycles. The molecule has 21 heavy (non-hydrogen) atoms. The summed E-state index contributed by atoms with van der Waals surface area (Å²) in [5.74, 6) is 0.398. The van der Waals surface area contributed by atoms with E-state index in [0.717, 1.165) is 50.0 Å². The van der Waals surface area contributed by atoms with Crippen molar-refractivity contribution >= 4 is 11.6 Å². The third kappa shape index (κ3) is 2.83. The normalized spacial score (nSPS) is 25.5. The molecule has 0 spiro atoms. The zero-order valence-corrected chi connectivity index (χ0v) is 12.8. The largest absolute Gasteiger partial charge is 0.326 e. The minimum absolute atomic E-state index is 0.110. The molecule has 4 heteroatoms. The molecule has 4 nitrogen and oxygen atoms in total. The van der Waals surface area contributed by atoms with E-state index in [4.69, 9.17) is 5.73 Å². The summed E-state index contributed by atoms with van der Waals surface area (Å²) in [6, 6.07) is 6.57. The number of fused-ring (bicyclic) bond motifs is 1. The van der Waals surface area contributed by atoms with Crippen molar-refractivity contribution in [2.45, 2.75) is 45.2 Å². The topological polar surface area (TPSA) is 58.4 Å². The number of nitrogens with one attached hydrogen (secondary N) is 1. The lowest BCUT2D eigenvalue weighted by atomic mass is 9.89. The SMILES string of the molecule is C[C@H]1NCCC[C@H]1C(=O)N1CCCc2cc(CN)ccc21. The molecule has 0 unspecified atom stereocenters. The van der Waals surface area contributed by atoms with Crippen molar-refractivity contribution in [3.8, 4) is 0 Å². The fraction of sp³-hybridized carbons (Fsp3) is 0.588. The third-order valence-corrected chi connectivity index (χ3v) is 4.84. The van der Waals surface area contributed by atoms with Crippen molar-refractivity contribution < 1.29 is 4.79 Å². The highest BCUT2D eigenvalue weighted by Crippen LogP contribution is 2.31. The van der Waals surface area contributed by atoms with Crippen molar-refractivity contribution in [2.75, 3.05) is 18.0 Å². The van der Waals surface area contributed by atoms with E-state index in [1.54, 1.807) is 0 Å². The Hall–Kier alpha value is -1.39. The molecule has 3 rings (SSSR count). The van der Waals surface area contributed by atoms with Gasteiger partial charge in [0.25, 0.3) is 0 Å². The first kappa shape index (κ1) is 14.5. The standard InChI is InChI=1S/C17H25N3O/c1-12-15(5-2-8-19-12)17(21)20-9-3-4-14-10-13(11-18)6-7-16(14)20/h6-7,10,12,15,19H,2-5,8-9,11,18H2,1H3/t12-,15-/m1/s1. The lowest BCUT2D eigenvalue weighted by Crippen LogP contribution is -2.49. The van der Waals surface area contributed by atoms with Crippen LogP contribution in [0.25, 0.3) is 0 Å². The highest BCUT2D eigenvalue weighted by molar-refractivity contribution is 5.96. The fourth-order valence-corrected chi connectivity index (χ4v) is 3.59. The number of carbonyl (C=O) groups excluding carboxylic acids is 1. The van der Waals surface area contributed by atoms with Crippen molar-refractivity contribution in [2.24, 2.45) is 11.7 Å². The molecule has 1 fully saturated rings. The molecule has 1 amide bonds. The quantitative estimate of drug-likeness (QED) is 0.872. The van der Waals surface area contributed by atoms with Gasteiger partial charge in [0.2, 0.25) is 5.91 Å². The second-order valence-corrected chi connectivity index (χ2v) is 6.25. The summed E-state index contributed by atoms with van der Waals surface area (Å²) in [7, 11) is 0. The van der Waals surface area contributed by atoms with E-state index in [1.165, 1.54) is 5.56 Å². The van der Waals surface area contributed by atoms with Gasteiger partial charge >= 0.3 is 0 Å². The van der Waals surface area contributed by atoms with Crippen molar-refractivity contribution in [1.29, 1.82) is 0 Å². The highest BCUT2D eigenvalue weighted by atomic mass is 16.2. The van der Waals surface area contributed by atoms with Crippen molar-refractivity contribution in [3.05, 3.63) is 29.3 Å². The number of hydrogen-bond acceptors (Lipinski definition) is 3. The number of rotatable bonds is 2. The predicted molar refractivity (Wildman–Crippen MR) is 85.2 cm³/mol. The number of amides is 1. The number of carbonyl (C=O) groups is 1. The summed E-state index contributed by atoms with van der Waals surface area (Å²) in [4.78, 5) is 14.9. The summed E-state index contributed by atoms with van der Waals surface area (Å²) in [6.45, 7) is 4.56. The van der Waals surface area contributed by atoms with E-state index < -0.39 is 0 Å². The first-order valence-corrected chi connectivity index (χ1v) is 8.07. The molecular weight excluding hydrogens is 262 g/mol. The second kappa shape index (κ2) is 6.16. The van der Waals surface area contributed by atoms with Crippen LogP contribution < -0.4 is 16.0 Å². The molecular formula is C17H25N3O. The van der Waals surface area contributed by atoms with E-state index in [1.807, 2.05) is 11.0 Å². The molecule has 0 radical (unpaired) electrons. The van der Waals surface area contributed by atoms with Gasteiger partial charge in [-0.15, -0.1) is 0 Å². The van der Waals surface area contributed by atoms with Gasteiger partial charge in [-0.05, 0) is 56.3 Å². The number of benzene rings is 1. The number of nitrogens with zero attached hydrogens (tertiary/aromatic N) is 1. The monoisotopic (exact) mass is 287 g/mol. The van der Waals surface area contributed by atoms with Gasteiger partial charge in [-0.1, -0.05) is 12.1 Å². The molecule has 0 aromatic heterocycles. The molecule has 114 valence electrons. The lowest BCUT2D eigenvalue weighted by Gasteiger charge is -2.36. The summed E-state index contributed by atoms with van der Waals surface area (Å²) in [6.07, 6.45) is 4.18. The number of aryl methyl sites for hydroxylation is 1. The maximum atomic E-state index is 12.9. The Morgan fingerprint density at radius 1 is 1.43 bits per heavy atom. The van der Waals surface area contributed by atoms with Gasteiger partial charge in [0.15, 0.2) is 0 Å². The molecule has 1 aromatic rings. The molecule has 0 saturated carbocycles. The van der Waals surface area contributed by atoms with Crippen LogP contribution in [0.1, 0.15) is 37.3 Å². The Morgan fingerprint density at radius 3 is 3.05 bits per heavy atom. The summed E-state index contributed by atoms with van der Waals surface area (Å²) < 4.78 is 0. The van der Waals surface area contributed by atoms with E-state index in [-0.39, 0.29) is 17.9 Å². The van der Waals surface area contributed by atoms with E-state index in [2.05, 4.69) is 24.4 Å². The molecule has 2 aliphatic heterocycles. The number of anilines is 1. The van der Waals surface area contributed by atoms with Crippen LogP contribution >= 0.6 is 0 Å². The second-order valence-electron chi connectivity index (χ2n) is 6.25. The first-order valence-electron chi connectivity index (χ1n) is 8.07. The average molecular weight is 287 g/mol. The Labute approximate surface area is 126 Å². The van der Waals surface area contributed by atoms with Crippen LogP contribution in [-0.4, -0.2) is 25.0 Å². The maximum Gasteiger partial charge on any atom is 0.231 e. The van der Waals surface area contributed by atoms with Gasteiger partial charge in [0.1, 0.15) is 0 Å². The van der Waals surface area contributed by atoms with Crippen LogP contribution in [-0.2, 0) is 17.8 Å². The van der Waals surface area contributed by atoms with E-state index in [9.17, 15) is 4.79 Å². The van der Waals surface area contributed by atoms with Crippen molar-refractivity contribution in [3.63, 3.8) is 0 Å². The van der Waals surface area contributed by atoms with Gasteiger partial charge in [-0.25, -0.2) is 0 Å². The maximum absolute atomic E-state index is 12.9. The molecule has 2 atom stereocenters. The van der Waals surface area contributed by atoms with Gasteiger partial charge in [0.05, 0.1) is 5.92 Å². The number of hydrogen-bond donors (Lipinski definition) is 2. The predicted octanol–water partition coefficient (Wildman–Crippen LogP) is 1.81. The number of nitrogens with two attached hydrogens (primary N) is 1. The molecule has 0 aliphatic carbocycles. The van der Waals surface area contributed by atoms with Crippen LogP contribution in [0.4, 0.5) is 5.69 Å². The summed E-state index contributed by atoms with van der Waals surface area (Å²) in [5.41, 5.74) is 9.24. The summed E-state index contributed by atoms with van der Waals surface area (Å²) >= 11 is 0. The van der Waals surface area contributed by atoms with Crippen LogP contribution in [0, 0.1) is 5.92 Å². The van der Waals surface area contributed by atoms with Gasteiger partial charge in [-0.2, -0.15) is 0 Å². The van der Waals surface area contributed by atoms with Gasteiger partial charge in [0, 0.05) is 24.8 Å². The average Bonchev–Trinajstić information content (AvgIpc) is 2.53. The Kier molecular flexibility index (Phi) is 4.27. The Bertz CT molecular complexity index is 529. The molecule has 2 heterocycles. The third-order valence-electron chi connectivity index (χ3n) is 4.84. The minimum Gasteiger partial charge on any atom is -0.326 e.